The van der Waals surface area contributed by atoms with Crippen LogP contribution in [-0.2, 0) is 29.1 Å². The minimum Gasteiger partial charge on any atom is -0.310 e. The van der Waals surface area contributed by atoms with E-state index >= 15 is 0 Å². The van der Waals surface area contributed by atoms with Gasteiger partial charge in [-0.1, -0.05) is 141 Å². The number of benzene rings is 6. The number of hydrogen-bond acceptors (Lipinski definition) is 4. The molecule has 0 bridgehead atoms. The van der Waals surface area contributed by atoms with Crippen LogP contribution in [0.2, 0.25) is 5.02 Å². The highest BCUT2D eigenvalue weighted by atomic mass is 35.5. The summed E-state index contributed by atoms with van der Waals surface area (Å²) in [6.45, 7) is 20.5. The quantitative estimate of drug-likeness (QED) is 0.143. The van der Waals surface area contributed by atoms with Crippen LogP contribution in [0.15, 0.2) is 151 Å². The SMILES string of the molecule is CC(C)(C)c1ccc(N(c2ccc(C(C)(C)C)cc2)c2cccc(N(c3ccccc3)c3cc(C(C)(C)C)cc(N(c4ccccc4)c4csc5c4CCCC5)c3Cl)c2)cc1. The van der Waals surface area contributed by atoms with Crippen LogP contribution in [0.1, 0.15) is 102 Å². The Morgan fingerprint density at radius 2 is 0.836 bits per heavy atom. The first-order chi connectivity index (χ1) is 29.1. The maximum Gasteiger partial charge on any atom is 0.0887 e. The van der Waals surface area contributed by atoms with Crippen molar-refractivity contribution in [3.63, 3.8) is 0 Å². The molecule has 1 aromatic heterocycles. The fraction of sp³-hybridized carbons (Fsp3) is 0.286. The second-order valence-corrected chi connectivity index (χ2v) is 20.9. The molecule has 61 heavy (non-hydrogen) atoms. The smallest absolute Gasteiger partial charge is 0.0887 e. The van der Waals surface area contributed by atoms with Gasteiger partial charge in [-0.2, -0.15) is 0 Å². The van der Waals surface area contributed by atoms with Gasteiger partial charge in [0.15, 0.2) is 0 Å². The Balaban J connectivity index is 1.34. The Bertz CT molecular complexity index is 2530. The van der Waals surface area contributed by atoms with Crippen molar-refractivity contribution < 1.29 is 0 Å². The second-order valence-electron chi connectivity index (χ2n) is 19.6. The highest BCUT2D eigenvalue weighted by molar-refractivity contribution is 7.10. The first-order valence-corrected chi connectivity index (χ1v) is 23.1. The van der Waals surface area contributed by atoms with Crippen molar-refractivity contribution in [3.8, 4) is 0 Å². The van der Waals surface area contributed by atoms with E-state index in [1.165, 1.54) is 45.7 Å². The summed E-state index contributed by atoms with van der Waals surface area (Å²) in [7, 11) is 0. The first-order valence-electron chi connectivity index (χ1n) is 21.8. The van der Waals surface area contributed by atoms with Gasteiger partial charge in [-0.25, -0.2) is 0 Å². The van der Waals surface area contributed by atoms with E-state index < -0.39 is 0 Å². The highest BCUT2D eigenvalue weighted by Gasteiger charge is 2.30. The number of halogens is 1. The van der Waals surface area contributed by atoms with Crippen molar-refractivity contribution in [2.45, 2.75) is 104 Å². The van der Waals surface area contributed by atoms with Crippen molar-refractivity contribution >= 4 is 74.1 Å². The zero-order chi connectivity index (χ0) is 43.1. The average molecular weight is 843 g/mol. The van der Waals surface area contributed by atoms with E-state index in [-0.39, 0.29) is 16.2 Å². The minimum absolute atomic E-state index is 0.0480. The molecule has 0 N–H and O–H groups in total. The summed E-state index contributed by atoms with van der Waals surface area (Å²) in [5, 5.41) is 3.06. The van der Waals surface area contributed by atoms with Crippen LogP contribution >= 0.6 is 22.9 Å². The van der Waals surface area contributed by atoms with E-state index in [0.29, 0.717) is 5.02 Å². The minimum atomic E-state index is -0.163. The van der Waals surface area contributed by atoms with Gasteiger partial charge < -0.3 is 14.7 Å². The van der Waals surface area contributed by atoms with Gasteiger partial charge in [0, 0.05) is 44.4 Å². The molecular weight excluding hydrogens is 782 g/mol. The van der Waals surface area contributed by atoms with Gasteiger partial charge in [0.2, 0.25) is 0 Å². The number of anilines is 9. The molecule has 0 fully saturated rings. The summed E-state index contributed by atoms with van der Waals surface area (Å²) < 4.78 is 0. The van der Waals surface area contributed by atoms with E-state index in [0.717, 1.165) is 58.3 Å². The monoisotopic (exact) mass is 841 g/mol. The molecule has 0 saturated carbocycles. The molecule has 0 aliphatic heterocycles. The molecular formula is C56H60ClN3S. The van der Waals surface area contributed by atoms with Crippen LogP contribution < -0.4 is 14.7 Å². The zero-order valence-electron chi connectivity index (χ0n) is 37.4. The van der Waals surface area contributed by atoms with Crippen LogP contribution in [0, 0.1) is 0 Å². The van der Waals surface area contributed by atoms with Crippen molar-refractivity contribution in [2.75, 3.05) is 14.7 Å². The number of nitrogens with zero attached hydrogens (tertiary/aromatic N) is 3. The molecule has 0 unspecified atom stereocenters. The lowest BCUT2D eigenvalue weighted by Crippen LogP contribution is -2.19. The van der Waals surface area contributed by atoms with Gasteiger partial charge in [0.05, 0.1) is 22.1 Å². The number of thiophene rings is 1. The van der Waals surface area contributed by atoms with E-state index in [2.05, 4.69) is 228 Å². The number of hydrogen-bond donors (Lipinski definition) is 0. The maximum atomic E-state index is 7.98. The Labute approximate surface area is 374 Å². The Morgan fingerprint density at radius 3 is 1.34 bits per heavy atom. The lowest BCUT2D eigenvalue weighted by molar-refractivity contribution is 0.590. The lowest BCUT2D eigenvalue weighted by Gasteiger charge is -2.34. The molecule has 3 nitrogen and oxygen atoms in total. The van der Waals surface area contributed by atoms with Gasteiger partial charge in [0.25, 0.3) is 0 Å². The molecule has 7 aromatic rings. The van der Waals surface area contributed by atoms with Crippen molar-refractivity contribution in [1.82, 2.24) is 0 Å². The summed E-state index contributed by atoms with van der Waals surface area (Å²) in [6.07, 6.45) is 4.67. The third kappa shape index (κ3) is 8.90. The van der Waals surface area contributed by atoms with E-state index in [1.54, 1.807) is 0 Å². The van der Waals surface area contributed by atoms with Crippen LogP contribution in [0.25, 0.3) is 0 Å². The fourth-order valence-electron chi connectivity index (χ4n) is 8.45. The Morgan fingerprint density at radius 1 is 0.410 bits per heavy atom. The van der Waals surface area contributed by atoms with Crippen molar-refractivity contribution in [2.24, 2.45) is 0 Å². The summed E-state index contributed by atoms with van der Waals surface area (Å²) in [4.78, 5) is 8.64. The molecule has 0 amide bonds. The summed E-state index contributed by atoms with van der Waals surface area (Å²) in [6, 6.07) is 53.1. The molecule has 6 aromatic carbocycles. The molecule has 1 heterocycles. The molecule has 1 aliphatic carbocycles. The van der Waals surface area contributed by atoms with Gasteiger partial charge in [-0.05, 0) is 143 Å². The number of rotatable bonds is 9. The third-order valence-electron chi connectivity index (χ3n) is 12.0. The van der Waals surface area contributed by atoms with Gasteiger partial charge in [-0.3, -0.25) is 0 Å². The van der Waals surface area contributed by atoms with Crippen LogP contribution in [0.3, 0.4) is 0 Å². The molecule has 0 spiro atoms. The molecule has 5 heteroatoms. The molecule has 0 atom stereocenters. The topological polar surface area (TPSA) is 9.72 Å². The molecule has 0 radical (unpaired) electrons. The third-order valence-corrected chi connectivity index (χ3v) is 13.5. The molecule has 1 aliphatic rings. The summed E-state index contributed by atoms with van der Waals surface area (Å²) in [5.41, 5.74) is 14.8. The van der Waals surface area contributed by atoms with Gasteiger partial charge in [0.1, 0.15) is 0 Å². The number of para-hydroxylation sites is 2. The van der Waals surface area contributed by atoms with E-state index in [4.69, 9.17) is 11.6 Å². The fourth-order valence-corrected chi connectivity index (χ4v) is 9.84. The maximum absolute atomic E-state index is 7.98. The van der Waals surface area contributed by atoms with Gasteiger partial charge >= 0.3 is 0 Å². The van der Waals surface area contributed by atoms with Crippen LogP contribution in [0.4, 0.5) is 51.2 Å². The first kappa shape index (κ1) is 42.4. The predicted octanol–water partition coefficient (Wildman–Crippen LogP) is 17.6. The normalized spacial score (nSPS) is 13.1. The van der Waals surface area contributed by atoms with Gasteiger partial charge in [-0.15, -0.1) is 11.3 Å². The summed E-state index contributed by atoms with van der Waals surface area (Å²) in [5.74, 6) is 0. The average Bonchev–Trinajstić information content (AvgIpc) is 3.66. The van der Waals surface area contributed by atoms with E-state index in [1.807, 2.05) is 11.3 Å². The molecule has 8 rings (SSSR count). The van der Waals surface area contributed by atoms with Crippen molar-refractivity contribution in [1.29, 1.82) is 0 Å². The largest absolute Gasteiger partial charge is 0.310 e. The van der Waals surface area contributed by atoms with E-state index in [9.17, 15) is 0 Å². The molecule has 312 valence electrons. The predicted molar refractivity (Wildman–Crippen MR) is 266 cm³/mol. The standard InChI is InChI=1S/C56H60ClN3S/c1-54(2,3)39-27-31-44(32-28-39)58(45-33-29-40(30-34-45)55(4,5)6)46-23-18-24-47(37-46)59(42-19-12-10-13-20-42)49-35-41(56(7,8)9)36-50(53(49)57)60(43-21-14-11-15-22-43)51-38-61-52-26-17-16-25-48(51)52/h10-15,18-24,27-38H,16-17,25-26H2,1-9H3. The lowest BCUT2D eigenvalue weighted by atomic mass is 9.86. The zero-order valence-corrected chi connectivity index (χ0v) is 39.0. The van der Waals surface area contributed by atoms with Crippen LogP contribution in [0.5, 0.6) is 0 Å². The molecule has 0 saturated heterocycles. The summed E-state index contributed by atoms with van der Waals surface area (Å²) >= 11 is 9.87. The Kier molecular flexibility index (Phi) is 11.7. The number of fused-ring (bicyclic) bond motifs is 1. The number of aryl methyl sites for hydroxylation is 1. The van der Waals surface area contributed by atoms with Crippen LogP contribution in [-0.4, -0.2) is 0 Å². The second kappa shape index (κ2) is 16.9. The Hall–Kier alpha value is -5.29. The highest BCUT2D eigenvalue weighted by Crippen LogP contribution is 2.51. The van der Waals surface area contributed by atoms with Crippen molar-refractivity contribution in [3.05, 3.63) is 183 Å².